The molecule has 1 aliphatic rings. The average molecular weight is 441 g/mol. The van der Waals surface area contributed by atoms with E-state index in [-0.39, 0.29) is 0 Å². The van der Waals surface area contributed by atoms with Crippen LogP contribution in [0.15, 0.2) is 60.1 Å². The molecule has 1 heterocycles. The molecule has 2 aromatic carbocycles. The zero-order valence-electron chi connectivity index (χ0n) is 12.0. The van der Waals surface area contributed by atoms with E-state index in [2.05, 4.69) is 78.2 Å². The Labute approximate surface area is 151 Å². The van der Waals surface area contributed by atoms with Gasteiger partial charge < -0.3 is 10.6 Å². The quantitative estimate of drug-likeness (QED) is 0.527. The fraction of sp³-hybridized carbons (Fsp3) is 0.188. The third kappa shape index (κ3) is 3.19. The molecular formula is C16H15Br2N3S. The number of amidine groups is 1. The summed E-state index contributed by atoms with van der Waals surface area (Å²) in [5.41, 5.74) is 8.31. The summed E-state index contributed by atoms with van der Waals surface area (Å²) in [5, 5.41) is 0. The third-order valence-electron chi connectivity index (χ3n) is 3.52. The van der Waals surface area contributed by atoms with Crippen LogP contribution in [0, 0.1) is 0 Å². The van der Waals surface area contributed by atoms with Gasteiger partial charge in [-0.1, -0.05) is 43.6 Å². The minimum absolute atomic E-state index is 0.676. The van der Waals surface area contributed by atoms with Crippen LogP contribution < -0.4 is 10.6 Å². The summed E-state index contributed by atoms with van der Waals surface area (Å²) in [7, 11) is 1.73. The van der Waals surface area contributed by atoms with Crippen molar-refractivity contribution in [2.45, 2.75) is 16.2 Å². The molecule has 2 aromatic rings. The monoisotopic (exact) mass is 439 g/mol. The first kappa shape index (κ1) is 15.9. The minimum Gasteiger partial charge on any atom is -0.387 e. The van der Waals surface area contributed by atoms with E-state index in [9.17, 15) is 0 Å². The third-order valence-corrected chi connectivity index (χ3v) is 5.60. The van der Waals surface area contributed by atoms with E-state index < -0.39 is 0 Å². The van der Waals surface area contributed by atoms with Gasteiger partial charge in [-0.05, 0) is 36.4 Å². The molecule has 6 heteroatoms. The molecule has 0 saturated heterocycles. The number of rotatable bonds is 3. The van der Waals surface area contributed by atoms with E-state index in [4.69, 9.17) is 5.73 Å². The Hall–Kier alpha value is -0.980. The van der Waals surface area contributed by atoms with Crippen LogP contribution in [0.3, 0.4) is 0 Å². The van der Waals surface area contributed by atoms with Crippen molar-refractivity contribution < 1.29 is 0 Å². The smallest absolute Gasteiger partial charge is 0.0951 e. The highest BCUT2D eigenvalue weighted by Crippen LogP contribution is 2.49. The number of hydrogen-bond donors (Lipinski definition) is 1. The van der Waals surface area contributed by atoms with Crippen LogP contribution in [0.25, 0.3) is 0 Å². The van der Waals surface area contributed by atoms with Gasteiger partial charge in [0, 0.05) is 38.7 Å². The van der Waals surface area contributed by atoms with Crippen molar-refractivity contribution in [2.24, 2.45) is 10.7 Å². The molecule has 22 heavy (non-hydrogen) atoms. The maximum absolute atomic E-state index is 5.88. The summed E-state index contributed by atoms with van der Waals surface area (Å²) in [6, 6.07) is 12.8. The summed E-state index contributed by atoms with van der Waals surface area (Å²) >= 11 is 8.91. The van der Waals surface area contributed by atoms with Crippen LogP contribution in [0.2, 0.25) is 0 Å². The van der Waals surface area contributed by atoms with Crippen LogP contribution in [0.1, 0.15) is 6.42 Å². The second-order valence-corrected chi connectivity index (χ2v) is 7.86. The molecule has 0 unspecified atom stereocenters. The summed E-state index contributed by atoms with van der Waals surface area (Å²) in [6.45, 7) is 0.812. The van der Waals surface area contributed by atoms with Crippen LogP contribution in [-0.2, 0) is 0 Å². The zero-order valence-corrected chi connectivity index (χ0v) is 16.0. The first-order valence-corrected chi connectivity index (χ1v) is 9.24. The van der Waals surface area contributed by atoms with Crippen molar-refractivity contribution in [3.63, 3.8) is 0 Å². The second-order valence-electron chi connectivity index (χ2n) is 4.94. The molecule has 0 aromatic heterocycles. The standard InChI is InChI=1S/C16H15Br2N3S/c1-20-16(19)6-7-21-12-4-2-10(17)8-14(12)22-15-9-11(18)3-5-13(15)21/h2-5,8-9H,6-7H2,1H3,(H2,19,20). The molecule has 0 amide bonds. The number of halogens is 2. The zero-order chi connectivity index (χ0) is 15.7. The molecule has 0 saturated carbocycles. The van der Waals surface area contributed by atoms with Crippen molar-refractivity contribution in [2.75, 3.05) is 18.5 Å². The number of fused-ring (bicyclic) bond motifs is 2. The van der Waals surface area contributed by atoms with Gasteiger partial charge in [-0.25, -0.2) is 0 Å². The lowest BCUT2D eigenvalue weighted by Crippen LogP contribution is -2.26. The highest BCUT2D eigenvalue weighted by atomic mass is 79.9. The predicted molar refractivity (Wildman–Crippen MR) is 102 cm³/mol. The van der Waals surface area contributed by atoms with Crippen molar-refractivity contribution in [1.29, 1.82) is 0 Å². The number of anilines is 2. The number of nitrogens with two attached hydrogens (primary N) is 1. The summed E-state index contributed by atoms with van der Waals surface area (Å²) in [4.78, 5) is 8.86. The van der Waals surface area contributed by atoms with Crippen LogP contribution in [0.4, 0.5) is 11.4 Å². The first-order valence-electron chi connectivity index (χ1n) is 6.84. The van der Waals surface area contributed by atoms with Gasteiger partial charge in [-0.3, -0.25) is 4.99 Å². The number of nitrogens with zero attached hydrogens (tertiary/aromatic N) is 2. The van der Waals surface area contributed by atoms with Crippen molar-refractivity contribution in [3.05, 3.63) is 45.3 Å². The molecule has 0 bridgehead atoms. The summed E-state index contributed by atoms with van der Waals surface area (Å²) < 4.78 is 2.18. The average Bonchev–Trinajstić information content (AvgIpc) is 2.50. The summed E-state index contributed by atoms with van der Waals surface area (Å²) in [6.07, 6.45) is 0.742. The van der Waals surface area contributed by atoms with Gasteiger partial charge in [0.25, 0.3) is 0 Å². The Kier molecular flexibility index (Phi) is 4.80. The molecule has 2 N–H and O–H groups in total. The lowest BCUT2D eigenvalue weighted by Gasteiger charge is -2.33. The van der Waals surface area contributed by atoms with Crippen LogP contribution >= 0.6 is 43.6 Å². The maximum Gasteiger partial charge on any atom is 0.0951 e. The lowest BCUT2D eigenvalue weighted by atomic mass is 10.2. The van der Waals surface area contributed by atoms with Crippen LogP contribution in [-0.4, -0.2) is 19.4 Å². The highest BCUT2D eigenvalue weighted by molar-refractivity contribution is 9.10. The predicted octanol–water partition coefficient (Wildman–Crippen LogP) is 5.19. The van der Waals surface area contributed by atoms with E-state index >= 15 is 0 Å². The molecule has 114 valence electrons. The van der Waals surface area contributed by atoms with Gasteiger partial charge in [0.2, 0.25) is 0 Å². The van der Waals surface area contributed by atoms with Gasteiger partial charge >= 0.3 is 0 Å². The fourth-order valence-corrected chi connectivity index (χ4v) is 4.61. The van der Waals surface area contributed by atoms with Crippen molar-refractivity contribution in [3.8, 4) is 0 Å². The molecule has 3 rings (SSSR count). The lowest BCUT2D eigenvalue weighted by molar-refractivity contribution is 0.925. The van der Waals surface area contributed by atoms with Gasteiger partial charge in [-0.2, -0.15) is 0 Å². The van der Waals surface area contributed by atoms with Gasteiger partial charge in [0.1, 0.15) is 0 Å². The topological polar surface area (TPSA) is 41.6 Å². The van der Waals surface area contributed by atoms with Crippen LogP contribution in [0.5, 0.6) is 0 Å². The molecule has 0 spiro atoms. The molecule has 0 radical (unpaired) electrons. The van der Waals surface area contributed by atoms with Crippen molar-refractivity contribution >= 4 is 60.8 Å². The highest BCUT2D eigenvalue weighted by Gasteiger charge is 2.23. The Morgan fingerprint density at radius 3 is 2.14 bits per heavy atom. The first-order chi connectivity index (χ1) is 10.6. The van der Waals surface area contributed by atoms with Gasteiger partial charge in [0.15, 0.2) is 0 Å². The SMILES string of the molecule is CN=C(N)CCN1c2ccc(Br)cc2Sc2cc(Br)ccc21. The van der Waals surface area contributed by atoms with E-state index in [1.165, 1.54) is 21.2 Å². The molecule has 0 fully saturated rings. The van der Waals surface area contributed by atoms with Gasteiger partial charge in [0.05, 0.1) is 17.2 Å². The van der Waals surface area contributed by atoms with E-state index in [1.807, 2.05) is 0 Å². The number of hydrogen-bond acceptors (Lipinski definition) is 3. The van der Waals surface area contributed by atoms with E-state index in [1.54, 1.807) is 18.8 Å². The van der Waals surface area contributed by atoms with E-state index in [0.29, 0.717) is 5.84 Å². The molecule has 0 aliphatic carbocycles. The molecule has 1 aliphatic heterocycles. The Balaban J connectivity index is 2.03. The molecular weight excluding hydrogens is 426 g/mol. The normalized spacial score (nSPS) is 13.8. The maximum atomic E-state index is 5.88. The Morgan fingerprint density at radius 1 is 1.09 bits per heavy atom. The largest absolute Gasteiger partial charge is 0.387 e. The second kappa shape index (κ2) is 6.64. The minimum atomic E-state index is 0.676. The number of benzene rings is 2. The molecule has 3 nitrogen and oxygen atoms in total. The molecule has 0 atom stereocenters. The Morgan fingerprint density at radius 2 is 1.64 bits per heavy atom. The summed E-state index contributed by atoms with van der Waals surface area (Å²) in [5.74, 6) is 0.676. The van der Waals surface area contributed by atoms with E-state index in [0.717, 1.165) is 21.9 Å². The van der Waals surface area contributed by atoms with Crippen molar-refractivity contribution in [1.82, 2.24) is 0 Å². The Bertz CT molecular complexity index is 695. The number of aliphatic imine (C=N–C) groups is 1. The van der Waals surface area contributed by atoms with Gasteiger partial charge in [-0.15, -0.1) is 0 Å². The fourth-order valence-electron chi connectivity index (χ4n) is 2.41.